The van der Waals surface area contributed by atoms with E-state index in [9.17, 15) is 18.0 Å². The van der Waals surface area contributed by atoms with E-state index in [2.05, 4.69) is 14.8 Å². The first-order chi connectivity index (χ1) is 9.76. The van der Waals surface area contributed by atoms with Gasteiger partial charge in [-0.05, 0) is 18.2 Å². The first-order valence-electron chi connectivity index (χ1n) is 5.54. The van der Waals surface area contributed by atoms with Gasteiger partial charge in [-0.1, -0.05) is 23.2 Å². The molecule has 1 rings (SSSR count). The van der Waals surface area contributed by atoms with Crippen LogP contribution in [0.2, 0.25) is 10.0 Å². The van der Waals surface area contributed by atoms with Crippen molar-refractivity contribution in [2.75, 3.05) is 20.2 Å². The number of rotatable bonds is 6. The highest BCUT2D eigenvalue weighted by Gasteiger charge is 2.17. The molecular weight excluding hydrogens is 343 g/mol. The minimum atomic E-state index is -3.91. The summed E-state index contributed by atoms with van der Waals surface area (Å²) in [4.78, 5) is 22.0. The predicted octanol–water partition coefficient (Wildman–Crippen LogP) is 0.561. The van der Waals surface area contributed by atoms with Gasteiger partial charge >= 0.3 is 5.97 Å². The summed E-state index contributed by atoms with van der Waals surface area (Å²) in [6.45, 7) is -0.872. The molecule has 0 aliphatic heterocycles. The van der Waals surface area contributed by atoms with E-state index < -0.39 is 28.4 Å². The fourth-order valence-corrected chi connectivity index (χ4v) is 2.56. The van der Waals surface area contributed by atoms with Gasteiger partial charge in [0.15, 0.2) is 0 Å². The molecule has 116 valence electrons. The van der Waals surface area contributed by atoms with E-state index in [1.165, 1.54) is 25.3 Å². The molecular formula is C11H12Cl2N2O5S. The van der Waals surface area contributed by atoms with E-state index in [1.54, 1.807) is 0 Å². The van der Waals surface area contributed by atoms with E-state index >= 15 is 0 Å². The molecule has 0 aliphatic carbocycles. The fourth-order valence-electron chi connectivity index (χ4n) is 1.19. The molecule has 0 unspecified atom stereocenters. The summed E-state index contributed by atoms with van der Waals surface area (Å²) in [7, 11) is -2.74. The first kappa shape index (κ1) is 17.7. The van der Waals surface area contributed by atoms with E-state index in [-0.39, 0.29) is 21.5 Å². The summed E-state index contributed by atoms with van der Waals surface area (Å²) in [6, 6.07) is 3.75. The lowest BCUT2D eigenvalue weighted by Gasteiger charge is -2.08. The standard InChI is InChI=1S/C11H12Cl2N2O5S/c1-20-11(17)6-14-10(16)5-15-21(18,19)7-2-3-8(12)9(13)4-7/h2-4,15H,5-6H2,1H3,(H,14,16). The number of methoxy groups -OCH3 is 1. The molecule has 0 saturated carbocycles. The van der Waals surface area contributed by atoms with Gasteiger partial charge in [0.05, 0.1) is 28.6 Å². The molecule has 1 aromatic rings. The van der Waals surface area contributed by atoms with Crippen LogP contribution in [0.4, 0.5) is 0 Å². The number of sulfonamides is 1. The number of benzene rings is 1. The lowest BCUT2D eigenvalue weighted by atomic mass is 10.4. The van der Waals surface area contributed by atoms with Gasteiger partial charge in [-0.25, -0.2) is 13.1 Å². The molecule has 0 fully saturated rings. The van der Waals surface area contributed by atoms with Crippen molar-refractivity contribution >= 4 is 45.1 Å². The van der Waals surface area contributed by atoms with E-state index in [1.807, 2.05) is 0 Å². The Morgan fingerprint density at radius 2 is 1.86 bits per heavy atom. The Kier molecular flexibility index (Phi) is 6.41. The van der Waals surface area contributed by atoms with Crippen LogP contribution in [0, 0.1) is 0 Å². The molecule has 21 heavy (non-hydrogen) atoms. The van der Waals surface area contributed by atoms with E-state index in [0.717, 1.165) is 0 Å². The molecule has 0 heterocycles. The molecule has 0 saturated heterocycles. The number of amides is 1. The van der Waals surface area contributed by atoms with Gasteiger partial charge in [0.1, 0.15) is 6.54 Å². The summed E-state index contributed by atoms with van der Waals surface area (Å²) >= 11 is 11.4. The van der Waals surface area contributed by atoms with Crippen LogP contribution < -0.4 is 10.0 Å². The van der Waals surface area contributed by atoms with Gasteiger partial charge in [0, 0.05) is 0 Å². The average Bonchev–Trinajstić information content (AvgIpc) is 2.45. The van der Waals surface area contributed by atoms with Crippen LogP contribution in [0.15, 0.2) is 23.1 Å². The van der Waals surface area contributed by atoms with Gasteiger partial charge < -0.3 is 10.1 Å². The highest BCUT2D eigenvalue weighted by atomic mass is 35.5. The fraction of sp³-hybridized carbons (Fsp3) is 0.273. The second-order valence-electron chi connectivity index (χ2n) is 3.75. The van der Waals surface area contributed by atoms with E-state index in [0.29, 0.717) is 0 Å². The van der Waals surface area contributed by atoms with Crippen molar-refractivity contribution in [2.24, 2.45) is 0 Å². The summed E-state index contributed by atoms with van der Waals surface area (Å²) in [5.41, 5.74) is 0. The molecule has 7 nitrogen and oxygen atoms in total. The minimum Gasteiger partial charge on any atom is -0.468 e. The van der Waals surface area contributed by atoms with Crippen molar-refractivity contribution in [3.63, 3.8) is 0 Å². The molecule has 1 amide bonds. The zero-order valence-electron chi connectivity index (χ0n) is 10.9. The Bertz CT molecular complexity index is 648. The number of carbonyl (C=O) groups is 2. The molecule has 0 aliphatic rings. The molecule has 0 spiro atoms. The van der Waals surface area contributed by atoms with Crippen LogP contribution in [-0.2, 0) is 24.3 Å². The average molecular weight is 355 g/mol. The second kappa shape index (κ2) is 7.60. The number of hydrogen-bond donors (Lipinski definition) is 2. The Balaban J connectivity index is 2.62. The van der Waals surface area contributed by atoms with Crippen LogP contribution >= 0.6 is 23.2 Å². The van der Waals surface area contributed by atoms with Gasteiger partial charge in [0.2, 0.25) is 15.9 Å². The Morgan fingerprint density at radius 1 is 1.19 bits per heavy atom. The maximum absolute atomic E-state index is 11.9. The monoisotopic (exact) mass is 354 g/mol. The van der Waals surface area contributed by atoms with Gasteiger partial charge in [-0.3, -0.25) is 9.59 Å². The van der Waals surface area contributed by atoms with E-state index in [4.69, 9.17) is 23.2 Å². The number of nitrogens with one attached hydrogen (secondary N) is 2. The molecule has 10 heteroatoms. The third-order valence-electron chi connectivity index (χ3n) is 2.28. The number of ether oxygens (including phenoxy) is 1. The van der Waals surface area contributed by atoms with Crippen LogP contribution in [-0.4, -0.2) is 40.5 Å². The summed E-state index contributed by atoms with van der Waals surface area (Å²) < 4.78 is 30.2. The number of carbonyl (C=O) groups excluding carboxylic acids is 2. The Labute approximate surface area is 131 Å². The lowest BCUT2D eigenvalue weighted by Crippen LogP contribution is -2.39. The number of hydrogen-bond acceptors (Lipinski definition) is 5. The molecule has 2 N–H and O–H groups in total. The Hall–Kier alpha value is -1.35. The van der Waals surface area contributed by atoms with Crippen molar-refractivity contribution in [1.82, 2.24) is 10.0 Å². The van der Waals surface area contributed by atoms with Crippen LogP contribution in [0.25, 0.3) is 0 Å². The van der Waals surface area contributed by atoms with Crippen molar-refractivity contribution in [3.8, 4) is 0 Å². The summed E-state index contributed by atoms with van der Waals surface area (Å²) in [6.07, 6.45) is 0. The van der Waals surface area contributed by atoms with Crippen LogP contribution in [0.5, 0.6) is 0 Å². The SMILES string of the molecule is COC(=O)CNC(=O)CNS(=O)(=O)c1ccc(Cl)c(Cl)c1. The molecule has 1 aromatic carbocycles. The molecule has 0 bridgehead atoms. The van der Waals surface area contributed by atoms with Gasteiger partial charge in [-0.15, -0.1) is 0 Å². The zero-order valence-corrected chi connectivity index (χ0v) is 13.2. The molecule has 0 radical (unpaired) electrons. The van der Waals surface area contributed by atoms with Crippen LogP contribution in [0.3, 0.4) is 0 Å². The Morgan fingerprint density at radius 3 is 2.43 bits per heavy atom. The molecule has 0 atom stereocenters. The number of halogens is 2. The first-order valence-corrected chi connectivity index (χ1v) is 7.78. The normalized spacial score (nSPS) is 11.0. The maximum atomic E-state index is 11.9. The summed E-state index contributed by atoms with van der Waals surface area (Å²) in [5.74, 6) is -1.32. The minimum absolute atomic E-state index is 0.0784. The smallest absolute Gasteiger partial charge is 0.325 e. The highest BCUT2D eigenvalue weighted by molar-refractivity contribution is 7.89. The molecule has 0 aromatic heterocycles. The zero-order chi connectivity index (χ0) is 16.0. The largest absolute Gasteiger partial charge is 0.468 e. The summed E-state index contributed by atoms with van der Waals surface area (Å²) in [5, 5.41) is 2.48. The van der Waals surface area contributed by atoms with Crippen LogP contribution in [0.1, 0.15) is 0 Å². The predicted molar refractivity (Wildman–Crippen MR) is 76.7 cm³/mol. The lowest BCUT2D eigenvalue weighted by molar-refractivity contribution is -0.141. The van der Waals surface area contributed by atoms with Crippen molar-refractivity contribution in [1.29, 1.82) is 0 Å². The van der Waals surface area contributed by atoms with Gasteiger partial charge in [0.25, 0.3) is 0 Å². The van der Waals surface area contributed by atoms with Crippen molar-refractivity contribution in [2.45, 2.75) is 4.90 Å². The second-order valence-corrected chi connectivity index (χ2v) is 6.33. The third-order valence-corrected chi connectivity index (χ3v) is 4.42. The van der Waals surface area contributed by atoms with Gasteiger partial charge in [-0.2, -0.15) is 0 Å². The highest BCUT2D eigenvalue weighted by Crippen LogP contribution is 2.24. The quantitative estimate of drug-likeness (QED) is 0.726. The maximum Gasteiger partial charge on any atom is 0.325 e. The van der Waals surface area contributed by atoms with Crippen molar-refractivity contribution < 1.29 is 22.7 Å². The number of esters is 1. The third kappa shape index (κ3) is 5.50. The topological polar surface area (TPSA) is 102 Å². The van der Waals surface area contributed by atoms with Crippen molar-refractivity contribution in [3.05, 3.63) is 28.2 Å².